The fourth-order valence-electron chi connectivity index (χ4n) is 1.41. The highest BCUT2D eigenvalue weighted by atomic mass is 32.2. The van der Waals surface area contributed by atoms with Gasteiger partial charge in [0.15, 0.2) is 0 Å². The molecule has 0 aliphatic rings. The summed E-state index contributed by atoms with van der Waals surface area (Å²) in [5.41, 5.74) is 1.01. The van der Waals surface area contributed by atoms with Gasteiger partial charge < -0.3 is 0 Å². The predicted octanol–water partition coefficient (Wildman–Crippen LogP) is 3.06. The molecule has 0 fully saturated rings. The van der Waals surface area contributed by atoms with E-state index in [0.29, 0.717) is 6.42 Å². The molecule has 1 unspecified atom stereocenters. The average molecular weight is 254 g/mol. The highest BCUT2D eigenvalue weighted by Gasteiger charge is 2.19. The van der Waals surface area contributed by atoms with Crippen LogP contribution in [-0.2, 0) is 14.3 Å². The summed E-state index contributed by atoms with van der Waals surface area (Å²) in [6.07, 6.45) is 2.57. The monoisotopic (exact) mass is 254 g/mol. The van der Waals surface area contributed by atoms with Gasteiger partial charge in [-0.25, -0.2) is 0 Å². The van der Waals surface area contributed by atoms with Crippen molar-refractivity contribution < 1.29 is 12.6 Å². The van der Waals surface area contributed by atoms with Crippen LogP contribution in [0.3, 0.4) is 0 Å². The molecule has 3 nitrogen and oxygen atoms in total. The zero-order valence-electron chi connectivity index (χ0n) is 10.2. The zero-order chi connectivity index (χ0) is 12.9. The lowest BCUT2D eigenvalue weighted by Gasteiger charge is -2.12. The molecule has 0 saturated carbocycles. The Labute approximate surface area is 103 Å². The molecule has 1 atom stereocenters. The fourth-order valence-corrected chi connectivity index (χ4v) is 2.49. The van der Waals surface area contributed by atoms with E-state index in [1.807, 2.05) is 13.8 Å². The van der Waals surface area contributed by atoms with Crippen LogP contribution < -0.4 is 0 Å². The Morgan fingerprint density at radius 2 is 1.94 bits per heavy atom. The molecule has 0 bridgehead atoms. The van der Waals surface area contributed by atoms with E-state index in [0.717, 1.165) is 12.0 Å². The molecule has 0 N–H and O–H groups in total. The van der Waals surface area contributed by atoms with E-state index in [1.165, 1.54) is 6.08 Å². The van der Waals surface area contributed by atoms with Gasteiger partial charge in [-0.15, -0.1) is 6.58 Å². The van der Waals surface area contributed by atoms with E-state index in [-0.39, 0.29) is 4.90 Å². The van der Waals surface area contributed by atoms with E-state index in [4.69, 9.17) is 4.18 Å². The normalized spacial score (nSPS) is 13.3. The largest absolute Gasteiger partial charge is 0.297 e. The molecule has 1 rings (SSSR count). The Bertz CT molecular complexity index is 460. The molecule has 0 radical (unpaired) electrons. The lowest BCUT2D eigenvalue weighted by molar-refractivity contribution is 0.244. The zero-order valence-corrected chi connectivity index (χ0v) is 11.0. The summed E-state index contributed by atoms with van der Waals surface area (Å²) >= 11 is 0. The van der Waals surface area contributed by atoms with Crippen LogP contribution in [0.15, 0.2) is 41.8 Å². The highest BCUT2D eigenvalue weighted by molar-refractivity contribution is 7.86. The van der Waals surface area contributed by atoms with Crippen LogP contribution in [-0.4, -0.2) is 14.5 Å². The topological polar surface area (TPSA) is 43.4 Å². The molecule has 0 aromatic heterocycles. The van der Waals surface area contributed by atoms with Crippen molar-refractivity contribution >= 4 is 10.1 Å². The Balaban J connectivity index is 2.88. The molecular formula is C13H18O3S. The maximum absolute atomic E-state index is 11.9. The van der Waals surface area contributed by atoms with Gasteiger partial charge in [0.05, 0.1) is 11.0 Å². The van der Waals surface area contributed by atoms with Crippen LogP contribution in [0.25, 0.3) is 0 Å². The van der Waals surface area contributed by atoms with E-state index >= 15 is 0 Å². The molecule has 4 heteroatoms. The fraction of sp³-hybridized carbons (Fsp3) is 0.385. The molecule has 94 valence electrons. The second kappa shape index (κ2) is 5.98. The smallest absolute Gasteiger partial charge is 0.259 e. The number of aryl methyl sites for hydroxylation is 1. The second-order valence-corrected chi connectivity index (χ2v) is 5.50. The van der Waals surface area contributed by atoms with Gasteiger partial charge in [0, 0.05) is 0 Å². The van der Waals surface area contributed by atoms with Gasteiger partial charge in [-0.05, 0) is 25.5 Å². The van der Waals surface area contributed by atoms with Crippen molar-refractivity contribution in [3.63, 3.8) is 0 Å². The summed E-state index contributed by atoms with van der Waals surface area (Å²) in [6, 6.07) is 6.60. The first kappa shape index (κ1) is 13.9. The van der Waals surface area contributed by atoms with Gasteiger partial charge >= 0.3 is 0 Å². The number of hydrogen-bond donors (Lipinski definition) is 0. The predicted molar refractivity (Wildman–Crippen MR) is 68.3 cm³/mol. The molecule has 0 aliphatic heterocycles. The third kappa shape index (κ3) is 3.98. The first-order valence-electron chi connectivity index (χ1n) is 5.62. The third-order valence-electron chi connectivity index (χ3n) is 2.40. The second-order valence-electron chi connectivity index (χ2n) is 3.93. The van der Waals surface area contributed by atoms with Gasteiger partial charge in [0.1, 0.15) is 0 Å². The first-order valence-corrected chi connectivity index (χ1v) is 7.03. The van der Waals surface area contributed by atoms with Crippen LogP contribution in [0, 0.1) is 6.92 Å². The van der Waals surface area contributed by atoms with Crippen molar-refractivity contribution in [1.29, 1.82) is 0 Å². The van der Waals surface area contributed by atoms with Gasteiger partial charge in [-0.2, -0.15) is 8.42 Å². The molecule has 0 spiro atoms. The van der Waals surface area contributed by atoms with E-state index < -0.39 is 16.2 Å². The van der Waals surface area contributed by atoms with Gasteiger partial charge in [-0.3, -0.25) is 4.18 Å². The van der Waals surface area contributed by atoms with Crippen LogP contribution in [0.2, 0.25) is 0 Å². The van der Waals surface area contributed by atoms with Crippen molar-refractivity contribution in [2.75, 3.05) is 0 Å². The molecule has 0 heterocycles. The number of hydrogen-bond acceptors (Lipinski definition) is 3. The van der Waals surface area contributed by atoms with Crippen molar-refractivity contribution in [2.24, 2.45) is 0 Å². The molecule has 1 aromatic carbocycles. The number of rotatable bonds is 6. The molecule has 17 heavy (non-hydrogen) atoms. The van der Waals surface area contributed by atoms with E-state index in [2.05, 4.69) is 6.58 Å². The van der Waals surface area contributed by atoms with Crippen LogP contribution in [0.4, 0.5) is 0 Å². The van der Waals surface area contributed by atoms with Crippen molar-refractivity contribution in [3.05, 3.63) is 42.5 Å². The first-order chi connectivity index (χ1) is 7.99. The Kier molecular flexibility index (Phi) is 4.90. The summed E-state index contributed by atoms with van der Waals surface area (Å²) in [4.78, 5) is 0.186. The molecule has 0 aliphatic carbocycles. The SMILES string of the molecule is C=CC(CCC)OS(=O)(=O)c1ccc(C)cc1. The summed E-state index contributed by atoms with van der Waals surface area (Å²) in [5.74, 6) is 0. The lowest BCUT2D eigenvalue weighted by atomic mass is 10.2. The Morgan fingerprint density at radius 1 is 1.35 bits per heavy atom. The highest BCUT2D eigenvalue weighted by Crippen LogP contribution is 2.17. The molecule has 1 aromatic rings. The van der Waals surface area contributed by atoms with Gasteiger partial charge in [0.25, 0.3) is 10.1 Å². The Morgan fingerprint density at radius 3 is 2.41 bits per heavy atom. The van der Waals surface area contributed by atoms with E-state index in [9.17, 15) is 8.42 Å². The minimum Gasteiger partial charge on any atom is -0.259 e. The van der Waals surface area contributed by atoms with Crippen molar-refractivity contribution in [3.8, 4) is 0 Å². The summed E-state index contributed by atoms with van der Waals surface area (Å²) in [6.45, 7) is 7.46. The molecular weight excluding hydrogens is 236 g/mol. The number of benzene rings is 1. The van der Waals surface area contributed by atoms with Crippen molar-refractivity contribution in [1.82, 2.24) is 0 Å². The molecule has 0 amide bonds. The third-order valence-corrected chi connectivity index (χ3v) is 3.75. The molecule has 0 saturated heterocycles. The maximum Gasteiger partial charge on any atom is 0.297 e. The summed E-state index contributed by atoms with van der Waals surface area (Å²) < 4.78 is 28.9. The minimum atomic E-state index is -3.68. The maximum atomic E-state index is 11.9. The van der Waals surface area contributed by atoms with Gasteiger partial charge in [-0.1, -0.05) is 37.1 Å². The summed E-state index contributed by atoms with van der Waals surface area (Å²) in [7, 11) is -3.68. The average Bonchev–Trinajstić information content (AvgIpc) is 2.28. The minimum absolute atomic E-state index is 0.186. The summed E-state index contributed by atoms with van der Waals surface area (Å²) in [5, 5.41) is 0. The quantitative estimate of drug-likeness (QED) is 0.579. The van der Waals surface area contributed by atoms with E-state index in [1.54, 1.807) is 24.3 Å². The van der Waals surface area contributed by atoms with Gasteiger partial charge in [0.2, 0.25) is 0 Å². The van der Waals surface area contributed by atoms with Crippen molar-refractivity contribution in [2.45, 2.75) is 37.7 Å². The van der Waals surface area contributed by atoms with Crippen LogP contribution >= 0.6 is 0 Å². The standard InChI is InChI=1S/C13H18O3S/c1-4-6-12(5-2)16-17(14,15)13-9-7-11(3)8-10-13/h5,7-10,12H,2,4,6H2,1,3H3. The van der Waals surface area contributed by atoms with Crippen LogP contribution in [0.5, 0.6) is 0 Å². The lowest BCUT2D eigenvalue weighted by Crippen LogP contribution is -2.16. The Hall–Kier alpha value is -1.13. The van der Waals surface area contributed by atoms with Crippen LogP contribution in [0.1, 0.15) is 25.3 Å².